The van der Waals surface area contributed by atoms with Gasteiger partial charge in [-0.05, 0) is 6.92 Å². The third-order valence-corrected chi connectivity index (χ3v) is 6.19. The predicted octanol–water partition coefficient (Wildman–Crippen LogP) is 10.3. The van der Waals surface area contributed by atoms with Crippen LogP contribution in [0.2, 0.25) is 0 Å². The molecule has 0 nitrogen and oxygen atoms in total. The second kappa shape index (κ2) is 12.3. The number of hydrogen-bond acceptors (Lipinski definition) is 0. The lowest BCUT2D eigenvalue weighted by Gasteiger charge is -2.38. The maximum atomic E-state index is 15.5. The minimum atomic E-state index is -6.00. The molecule has 3 aromatic rings. The summed E-state index contributed by atoms with van der Waals surface area (Å²) in [5, 5.41) is 0. The zero-order chi connectivity index (χ0) is 35.5. The predicted molar refractivity (Wildman–Crippen MR) is 112 cm³/mol. The molecule has 3 aromatic carbocycles. The monoisotopic (exact) mass is 696 g/mol. The van der Waals surface area contributed by atoms with Gasteiger partial charge in [0, 0.05) is 22.3 Å². The van der Waals surface area contributed by atoms with E-state index in [0.29, 0.717) is 0 Å². The minimum absolute atomic E-state index is 0.0769. The summed E-state index contributed by atoms with van der Waals surface area (Å²) in [5.74, 6) is -66.5. The van der Waals surface area contributed by atoms with Gasteiger partial charge in [-0.3, -0.25) is 0 Å². The molecule has 0 aliphatic rings. The summed E-state index contributed by atoms with van der Waals surface area (Å²) < 4.78 is 292. The first-order valence-corrected chi connectivity index (χ1v) is 11.1. The molecule has 0 amide bonds. The number of allylic oxidation sites excluding steroid dienone is 5. The summed E-state index contributed by atoms with van der Waals surface area (Å²) in [7, 11) is 0. The highest BCUT2D eigenvalue weighted by Gasteiger charge is 2.57. The van der Waals surface area contributed by atoms with Crippen LogP contribution in [0.1, 0.15) is 23.6 Å². The third-order valence-electron chi connectivity index (χ3n) is 6.19. The quantitative estimate of drug-likeness (QED) is 0.0792. The van der Waals surface area contributed by atoms with E-state index in [-0.39, 0.29) is 6.92 Å². The summed E-state index contributed by atoms with van der Waals surface area (Å²) >= 11 is 0. The van der Waals surface area contributed by atoms with Gasteiger partial charge in [0.25, 0.3) is 0 Å². The Morgan fingerprint density at radius 2 is 0.587 bits per heavy atom. The Morgan fingerprint density at radius 3 is 0.783 bits per heavy atom. The molecule has 0 unspecified atom stereocenters. The summed E-state index contributed by atoms with van der Waals surface area (Å²) in [6.45, 7) is -0.0769. The van der Waals surface area contributed by atoms with E-state index in [4.69, 9.17) is 0 Å². The van der Waals surface area contributed by atoms with Crippen molar-refractivity contribution >= 4 is 0 Å². The second-order valence-corrected chi connectivity index (χ2v) is 8.58. The number of hydrogen-bond donors (Lipinski definition) is 0. The van der Waals surface area contributed by atoms with E-state index < -0.39 is 145 Å². The Kier molecular flexibility index (Phi) is 9.65. The van der Waals surface area contributed by atoms with E-state index in [1.807, 2.05) is 0 Å². The molecule has 0 saturated heterocycles. The Bertz CT molecular complexity index is 1640. The summed E-state index contributed by atoms with van der Waals surface area (Å²) in [6, 6.07) is 0. The standard InChI is InChI=1S/C26H4F20/c1-3(28)8(29)16(37)9(30)4(2-27)26(5-10(31)17(38)23(44)18(39)11(5)32,6-12(33)19(40)24(45)20(41)13(6)34)7-14(35)21(42)25(46)22(43)15(7)36/h2H,1H3/b4-2-,8-3-,16-9-. The summed E-state index contributed by atoms with van der Waals surface area (Å²) in [4.78, 5) is 0. The summed E-state index contributed by atoms with van der Waals surface area (Å²) in [5.41, 5.74) is -20.3. The normalized spacial score (nSPS) is 13.7. The molecule has 0 heterocycles. The first kappa shape index (κ1) is 36.0. The first-order valence-electron chi connectivity index (χ1n) is 11.1. The van der Waals surface area contributed by atoms with Gasteiger partial charge in [-0.15, -0.1) is 0 Å². The van der Waals surface area contributed by atoms with Gasteiger partial charge in [-0.2, -0.15) is 0 Å². The summed E-state index contributed by atoms with van der Waals surface area (Å²) in [6.07, 6.45) is -1.95. The SMILES string of the molecule is C\C(F)=C(F)/C(F)=C(F)\C(=C\F)C(c1c(F)c(F)c(F)c(F)c1F)(c1c(F)c(F)c(F)c(F)c1F)c1c(F)c(F)c(F)c(F)c1F. The fraction of sp³-hybridized carbons (Fsp3) is 0.0769. The molecule has 0 N–H and O–H groups in total. The van der Waals surface area contributed by atoms with Gasteiger partial charge in [0.2, 0.25) is 17.5 Å². The highest BCUT2D eigenvalue weighted by atomic mass is 19.2. The Hall–Kier alpha value is -4.52. The smallest absolute Gasteiger partial charge is 0.200 e. The molecule has 3 rings (SSSR count). The van der Waals surface area contributed by atoms with Crippen molar-refractivity contribution in [1.29, 1.82) is 0 Å². The van der Waals surface area contributed by atoms with Crippen molar-refractivity contribution in [3.63, 3.8) is 0 Å². The van der Waals surface area contributed by atoms with Gasteiger partial charge >= 0.3 is 0 Å². The zero-order valence-corrected chi connectivity index (χ0v) is 21.1. The molecule has 0 radical (unpaired) electrons. The average molecular weight is 696 g/mol. The molecule has 0 aliphatic heterocycles. The van der Waals surface area contributed by atoms with Gasteiger partial charge in [0.1, 0.15) is 5.83 Å². The largest absolute Gasteiger partial charge is 0.215 e. The molecule has 0 bridgehead atoms. The van der Waals surface area contributed by atoms with Crippen molar-refractivity contribution in [2.45, 2.75) is 12.3 Å². The first-order chi connectivity index (χ1) is 21.2. The zero-order valence-electron chi connectivity index (χ0n) is 21.1. The Labute approximate surface area is 240 Å². The van der Waals surface area contributed by atoms with Crippen LogP contribution in [0, 0.1) is 87.3 Å². The molecule has 20 heteroatoms. The van der Waals surface area contributed by atoms with E-state index >= 15 is 30.7 Å². The number of benzene rings is 3. The molecular formula is C26H4F20. The molecule has 248 valence electrons. The van der Waals surface area contributed by atoms with Crippen LogP contribution >= 0.6 is 0 Å². The van der Waals surface area contributed by atoms with E-state index in [1.54, 1.807) is 0 Å². The van der Waals surface area contributed by atoms with Gasteiger partial charge in [-0.1, -0.05) is 0 Å². The topological polar surface area (TPSA) is 0 Å². The maximum absolute atomic E-state index is 15.5. The Balaban J connectivity index is 3.10. The van der Waals surface area contributed by atoms with Crippen molar-refractivity contribution in [1.82, 2.24) is 0 Å². The maximum Gasteiger partial charge on any atom is 0.200 e. The molecular weight excluding hydrogens is 692 g/mol. The highest BCUT2D eigenvalue weighted by Crippen LogP contribution is 2.55. The molecule has 0 spiro atoms. The van der Waals surface area contributed by atoms with Crippen LogP contribution in [-0.4, -0.2) is 0 Å². The van der Waals surface area contributed by atoms with Crippen LogP contribution in [0.5, 0.6) is 0 Å². The van der Waals surface area contributed by atoms with E-state index in [1.165, 1.54) is 0 Å². The fourth-order valence-corrected chi connectivity index (χ4v) is 4.24. The highest BCUT2D eigenvalue weighted by molar-refractivity contribution is 5.65. The minimum Gasteiger partial charge on any atom is -0.215 e. The van der Waals surface area contributed by atoms with Crippen LogP contribution in [0.4, 0.5) is 87.8 Å². The molecule has 0 fully saturated rings. The van der Waals surface area contributed by atoms with Crippen molar-refractivity contribution in [2.75, 3.05) is 0 Å². The van der Waals surface area contributed by atoms with E-state index in [0.717, 1.165) is 0 Å². The third kappa shape index (κ3) is 4.88. The number of rotatable bonds is 6. The van der Waals surface area contributed by atoms with Crippen LogP contribution in [0.15, 0.2) is 35.2 Å². The van der Waals surface area contributed by atoms with Crippen molar-refractivity contribution < 1.29 is 87.8 Å². The molecule has 46 heavy (non-hydrogen) atoms. The second-order valence-electron chi connectivity index (χ2n) is 8.58. The number of halogens is 20. The molecule has 0 aromatic heterocycles. The lowest BCUT2D eigenvalue weighted by Crippen LogP contribution is -2.41. The van der Waals surface area contributed by atoms with E-state index in [9.17, 15) is 57.1 Å². The lowest BCUT2D eigenvalue weighted by atomic mass is 9.63. The van der Waals surface area contributed by atoms with Crippen LogP contribution in [-0.2, 0) is 5.41 Å². The average Bonchev–Trinajstić information content (AvgIpc) is 3.02. The van der Waals surface area contributed by atoms with Gasteiger partial charge in [0.15, 0.2) is 87.3 Å². The van der Waals surface area contributed by atoms with Gasteiger partial charge in [0.05, 0.1) is 11.7 Å². The van der Waals surface area contributed by atoms with Crippen LogP contribution in [0.3, 0.4) is 0 Å². The van der Waals surface area contributed by atoms with E-state index in [2.05, 4.69) is 0 Å². The van der Waals surface area contributed by atoms with Crippen molar-refractivity contribution in [3.05, 3.63) is 139 Å². The van der Waals surface area contributed by atoms with Gasteiger partial charge in [-0.25, -0.2) is 87.8 Å². The molecule has 0 aliphatic carbocycles. The van der Waals surface area contributed by atoms with Crippen LogP contribution in [0.25, 0.3) is 0 Å². The van der Waals surface area contributed by atoms with Crippen molar-refractivity contribution in [2.24, 2.45) is 0 Å². The Morgan fingerprint density at radius 1 is 0.370 bits per heavy atom. The lowest BCUT2D eigenvalue weighted by molar-refractivity contribution is 0.326. The molecule has 0 saturated carbocycles. The fourth-order valence-electron chi connectivity index (χ4n) is 4.24. The van der Waals surface area contributed by atoms with Crippen LogP contribution < -0.4 is 0 Å². The van der Waals surface area contributed by atoms with Gasteiger partial charge < -0.3 is 0 Å². The van der Waals surface area contributed by atoms with Crippen molar-refractivity contribution in [3.8, 4) is 0 Å². The molecule has 0 atom stereocenters.